The molecule has 0 unspecified atom stereocenters. The maximum atomic E-state index is 13.2. The van der Waals surface area contributed by atoms with Gasteiger partial charge < -0.3 is 10.2 Å². The topological polar surface area (TPSA) is 33.1 Å². The normalized spacial score (nSPS) is 12.7. The summed E-state index contributed by atoms with van der Waals surface area (Å²) in [6.45, 7) is 7.59. The highest BCUT2D eigenvalue weighted by molar-refractivity contribution is 5.19. The number of nitrogens with one attached hydrogen (secondary N) is 1. The first-order valence-electron chi connectivity index (χ1n) is 6.43. The lowest BCUT2D eigenvalue weighted by atomic mass is 10.1. The summed E-state index contributed by atoms with van der Waals surface area (Å²) in [4.78, 5) is 1.95. The van der Waals surface area contributed by atoms with Gasteiger partial charge in [0, 0.05) is 24.2 Å². The third-order valence-electron chi connectivity index (χ3n) is 2.73. The van der Waals surface area contributed by atoms with Crippen LogP contribution in [0.15, 0.2) is 6.20 Å². The van der Waals surface area contributed by atoms with Crippen LogP contribution in [-0.2, 0) is 13.1 Å². The second-order valence-electron chi connectivity index (χ2n) is 5.99. The summed E-state index contributed by atoms with van der Waals surface area (Å²) in [5.41, 5.74) is 0.493. The van der Waals surface area contributed by atoms with E-state index in [1.54, 1.807) is 0 Å². The van der Waals surface area contributed by atoms with Gasteiger partial charge in [-0.15, -0.1) is 0 Å². The van der Waals surface area contributed by atoms with Crippen LogP contribution in [0.4, 0.5) is 8.78 Å². The number of aromatic nitrogens is 2. The zero-order valence-electron chi connectivity index (χ0n) is 12.4. The fourth-order valence-electron chi connectivity index (χ4n) is 1.66. The monoisotopic (exact) mass is 274 g/mol. The minimum Gasteiger partial charge on any atom is -0.308 e. The van der Waals surface area contributed by atoms with E-state index in [1.807, 2.05) is 39.8 Å². The summed E-state index contributed by atoms with van der Waals surface area (Å²) >= 11 is 0. The van der Waals surface area contributed by atoms with Gasteiger partial charge in [0.2, 0.25) is 0 Å². The van der Waals surface area contributed by atoms with E-state index >= 15 is 0 Å². The van der Waals surface area contributed by atoms with Gasteiger partial charge in [-0.05, 0) is 34.9 Å². The summed E-state index contributed by atoms with van der Waals surface area (Å²) in [5.74, 6) is 0. The number of hydrogen-bond donors (Lipinski definition) is 1. The Morgan fingerprint density at radius 1 is 1.37 bits per heavy atom. The van der Waals surface area contributed by atoms with Crippen LogP contribution in [0.2, 0.25) is 0 Å². The summed E-state index contributed by atoms with van der Waals surface area (Å²) < 4.78 is 27.7. The zero-order chi connectivity index (χ0) is 14.6. The van der Waals surface area contributed by atoms with Gasteiger partial charge in [0.05, 0.1) is 12.7 Å². The molecule has 6 heteroatoms. The number of rotatable bonds is 6. The van der Waals surface area contributed by atoms with Crippen LogP contribution in [-0.4, -0.2) is 40.9 Å². The summed E-state index contributed by atoms with van der Waals surface area (Å²) in [7, 11) is 3.82. The predicted octanol–water partition coefficient (Wildman–Crippen LogP) is 2.27. The van der Waals surface area contributed by atoms with Gasteiger partial charge in [0.1, 0.15) is 5.69 Å². The van der Waals surface area contributed by atoms with Crippen molar-refractivity contribution in [3.63, 3.8) is 0 Å². The highest BCUT2D eigenvalue weighted by atomic mass is 19.3. The highest BCUT2D eigenvalue weighted by Gasteiger charge is 2.21. The molecule has 0 aromatic carbocycles. The quantitative estimate of drug-likeness (QED) is 0.864. The molecule has 0 fully saturated rings. The van der Waals surface area contributed by atoms with Crippen LogP contribution in [0, 0.1) is 0 Å². The van der Waals surface area contributed by atoms with Crippen LogP contribution in [0.5, 0.6) is 0 Å². The Bertz CT molecular complexity index is 394. The van der Waals surface area contributed by atoms with Crippen LogP contribution < -0.4 is 5.32 Å². The second-order valence-corrected chi connectivity index (χ2v) is 5.99. The first-order valence-corrected chi connectivity index (χ1v) is 6.43. The minimum absolute atomic E-state index is 0.0265. The Morgan fingerprint density at radius 2 is 2.00 bits per heavy atom. The Kier molecular flexibility index (Phi) is 5.43. The largest absolute Gasteiger partial charge is 0.308 e. The smallest absolute Gasteiger partial charge is 0.280 e. The SMILES string of the molecule is CN(C)CCn1ncc(CNC(C)(C)C)c1C(F)F. The van der Waals surface area contributed by atoms with Gasteiger partial charge in [-0.3, -0.25) is 4.68 Å². The Balaban J connectivity index is 2.81. The van der Waals surface area contributed by atoms with Crippen molar-refractivity contribution in [2.75, 3.05) is 20.6 Å². The molecule has 4 nitrogen and oxygen atoms in total. The van der Waals surface area contributed by atoms with Gasteiger partial charge in [0.15, 0.2) is 0 Å². The number of halogens is 2. The molecule has 0 bridgehead atoms. The molecule has 0 saturated carbocycles. The van der Waals surface area contributed by atoms with Gasteiger partial charge in [-0.2, -0.15) is 5.10 Å². The highest BCUT2D eigenvalue weighted by Crippen LogP contribution is 2.23. The van der Waals surface area contributed by atoms with Crippen molar-refractivity contribution in [1.82, 2.24) is 20.0 Å². The van der Waals surface area contributed by atoms with Crippen LogP contribution >= 0.6 is 0 Å². The van der Waals surface area contributed by atoms with E-state index in [0.717, 1.165) is 0 Å². The zero-order valence-corrected chi connectivity index (χ0v) is 12.4. The molecule has 1 N–H and O–H groups in total. The average Bonchev–Trinajstić information content (AvgIpc) is 2.65. The molecule has 1 heterocycles. The molecule has 0 radical (unpaired) electrons. The average molecular weight is 274 g/mol. The van der Waals surface area contributed by atoms with Crippen molar-refractivity contribution in [2.24, 2.45) is 0 Å². The number of hydrogen-bond acceptors (Lipinski definition) is 3. The molecule has 1 aromatic heterocycles. The fraction of sp³-hybridized carbons (Fsp3) is 0.769. The summed E-state index contributed by atoms with van der Waals surface area (Å²) in [5, 5.41) is 7.29. The van der Waals surface area contributed by atoms with E-state index in [2.05, 4.69) is 10.4 Å². The first-order chi connectivity index (χ1) is 8.70. The lowest BCUT2D eigenvalue weighted by Gasteiger charge is -2.20. The molecule has 0 aliphatic carbocycles. The van der Waals surface area contributed by atoms with Gasteiger partial charge in [0.25, 0.3) is 6.43 Å². The molecule has 1 aromatic rings. The molecule has 0 aliphatic rings. The molecule has 0 spiro atoms. The van der Waals surface area contributed by atoms with Gasteiger partial charge in [-0.1, -0.05) is 0 Å². The Hall–Kier alpha value is -1.01. The van der Waals surface area contributed by atoms with Crippen LogP contribution in [0.3, 0.4) is 0 Å². The molecular weight excluding hydrogens is 250 g/mol. The summed E-state index contributed by atoms with van der Waals surface area (Å²) in [6, 6.07) is 0. The van der Waals surface area contributed by atoms with Crippen molar-refractivity contribution in [2.45, 2.75) is 45.8 Å². The van der Waals surface area contributed by atoms with Crippen molar-refractivity contribution >= 4 is 0 Å². The molecule has 0 amide bonds. The first kappa shape index (κ1) is 16.0. The van der Waals surface area contributed by atoms with Crippen molar-refractivity contribution in [3.8, 4) is 0 Å². The Labute approximate surface area is 113 Å². The van der Waals surface area contributed by atoms with E-state index in [-0.39, 0.29) is 11.2 Å². The van der Waals surface area contributed by atoms with E-state index in [1.165, 1.54) is 10.9 Å². The van der Waals surface area contributed by atoms with Crippen LogP contribution in [0.25, 0.3) is 0 Å². The maximum absolute atomic E-state index is 13.2. The van der Waals surface area contributed by atoms with E-state index in [4.69, 9.17) is 0 Å². The third kappa shape index (κ3) is 5.24. The van der Waals surface area contributed by atoms with E-state index in [9.17, 15) is 8.78 Å². The number of alkyl halides is 2. The standard InChI is InChI=1S/C13H24F2N4/c1-13(2,3)16-8-10-9-17-19(7-6-18(4)5)11(10)12(14)15/h9,12,16H,6-8H2,1-5H3. The molecule has 0 saturated heterocycles. The number of likely N-dealkylation sites (N-methyl/N-ethyl adjacent to an activating group) is 1. The fourth-order valence-corrected chi connectivity index (χ4v) is 1.66. The minimum atomic E-state index is -2.50. The van der Waals surface area contributed by atoms with Gasteiger partial charge >= 0.3 is 0 Å². The molecular formula is C13H24F2N4. The van der Waals surface area contributed by atoms with E-state index in [0.29, 0.717) is 25.2 Å². The molecule has 0 atom stereocenters. The van der Waals surface area contributed by atoms with Crippen LogP contribution in [0.1, 0.15) is 38.5 Å². The third-order valence-corrected chi connectivity index (χ3v) is 2.73. The second kappa shape index (κ2) is 6.43. The molecule has 19 heavy (non-hydrogen) atoms. The van der Waals surface area contributed by atoms with Crippen molar-refractivity contribution in [1.29, 1.82) is 0 Å². The van der Waals surface area contributed by atoms with Gasteiger partial charge in [-0.25, -0.2) is 8.78 Å². The lowest BCUT2D eigenvalue weighted by Crippen LogP contribution is -2.35. The van der Waals surface area contributed by atoms with Crippen molar-refractivity contribution in [3.05, 3.63) is 17.5 Å². The predicted molar refractivity (Wildman–Crippen MR) is 72.3 cm³/mol. The lowest BCUT2D eigenvalue weighted by molar-refractivity contribution is 0.136. The Morgan fingerprint density at radius 3 is 2.47 bits per heavy atom. The summed E-state index contributed by atoms with van der Waals surface area (Å²) in [6.07, 6.45) is -0.961. The molecule has 0 aliphatic heterocycles. The van der Waals surface area contributed by atoms with Crippen molar-refractivity contribution < 1.29 is 8.78 Å². The molecule has 110 valence electrons. The maximum Gasteiger partial charge on any atom is 0.280 e. The molecule has 1 rings (SSSR count). The number of nitrogens with zero attached hydrogens (tertiary/aromatic N) is 3. The van der Waals surface area contributed by atoms with E-state index < -0.39 is 6.43 Å².